The van der Waals surface area contributed by atoms with E-state index in [4.69, 9.17) is 9.84 Å². The molecule has 6 heteroatoms. The number of carbonyl (C=O) groups is 1. The van der Waals surface area contributed by atoms with Gasteiger partial charge in [-0.15, -0.1) is 0 Å². The fourth-order valence-electron chi connectivity index (χ4n) is 3.03. The average Bonchev–Trinajstić information content (AvgIpc) is 3.09. The standard InChI is InChI=1S/C21H25N3O3/c1-3-12-27-20-7-5-4-6-17(20)15(2)23-21(26)16-8-9-19-18(13-16)22-14-24(19)10-11-25/h4-9,13-15,25H,3,10-12H2,1-2H3,(H,23,26)/t15-/m0/s1. The number of ether oxygens (including phenoxy) is 1. The summed E-state index contributed by atoms with van der Waals surface area (Å²) in [6, 6.07) is 13.0. The van der Waals surface area contributed by atoms with Gasteiger partial charge in [-0.05, 0) is 37.6 Å². The van der Waals surface area contributed by atoms with Crippen LogP contribution in [0.1, 0.15) is 42.2 Å². The summed E-state index contributed by atoms with van der Waals surface area (Å²) in [5.41, 5.74) is 3.13. The first kappa shape index (κ1) is 18.9. The minimum atomic E-state index is -0.187. The van der Waals surface area contributed by atoms with E-state index in [-0.39, 0.29) is 18.6 Å². The second-order valence-corrected chi connectivity index (χ2v) is 6.45. The van der Waals surface area contributed by atoms with Crippen molar-refractivity contribution in [3.63, 3.8) is 0 Å². The molecule has 0 radical (unpaired) electrons. The maximum atomic E-state index is 12.7. The summed E-state index contributed by atoms with van der Waals surface area (Å²) >= 11 is 0. The van der Waals surface area contributed by atoms with Gasteiger partial charge in [-0.25, -0.2) is 4.98 Å². The van der Waals surface area contributed by atoms with Crippen molar-refractivity contribution in [1.29, 1.82) is 0 Å². The van der Waals surface area contributed by atoms with Crippen molar-refractivity contribution in [2.45, 2.75) is 32.9 Å². The number of nitrogens with one attached hydrogen (secondary N) is 1. The van der Waals surface area contributed by atoms with Crippen LogP contribution in [0.2, 0.25) is 0 Å². The maximum absolute atomic E-state index is 12.7. The Labute approximate surface area is 158 Å². The second-order valence-electron chi connectivity index (χ2n) is 6.45. The molecule has 6 nitrogen and oxygen atoms in total. The molecule has 0 bridgehead atoms. The summed E-state index contributed by atoms with van der Waals surface area (Å²) in [6.45, 7) is 5.18. The third-order valence-corrected chi connectivity index (χ3v) is 4.42. The first-order chi connectivity index (χ1) is 13.1. The minimum absolute atomic E-state index is 0.0464. The van der Waals surface area contributed by atoms with Gasteiger partial charge in [0, 0.05) is 17.7 Å². The lowest BCUT2D eigenvalue weighted by Gasteiger charge is -2.18. The number of imidazole rings is 1. The summed E-state index contributed by atoms with van der Waals surface area (Å²) in [6.07, 6.45) is 2.60. The molecule has 27 heavy (non-hydrogen) atoms. The van der Waals surface area contributed by atoms with Crippen molar-refractivity contribution in [3.8, 4) is 5.75 Å². The van der Waals surface area contributed by atoms with Crippen molar-refractivity contribution in [1.82, 2.24) is 14.9 Å². The van der Waals surface area contributed by atoms with E-state index >= 15 is 0 Å². The minimum Gasteiger partial charge on any atom is -0.493 e. The van der Waals surface area contributed by atoms with E-state index in [1.165, 1.54) is 0 Å². The van der Waals surface area contributed by atoms with Crippen LogP contribution in [0.4, 0.5) is 0 Å². The average molecular weight is 367 g/mol. The fourth-order valence-corrected chi connectivity index (χ4v) is 3.03. The van der Waals surface area contributed by atoms with Crippen LogP contribution in [0.15, 0.2) is 48.8 Å². The number of amides is 1. The van der Waals surface area contributed by atoms with Crippen LogP contribution in [0, 0.1) is 0 Å². The molecule has 0 saturated heterocycles. The third kappa shape index (κ3) is 4.28. The van der Waals surface area contributed by atoms with E-state index in [0.29, 0.717) is 18.7 Å². The van der Waals surface area contributed by atoms with E-state index < -0.39 is 0 Å². The lowest BCUT2D eigenvalue weighted by atomic mass is 10.1. The first-order valence-corrected chi connectivity index (χ1v) is 9.22. The van der Waals surface area contributed by atoms with Gasteiger partial charge in [-0.2, -0.15) is 0 Å². The molecule has 0 aliphatic carbocycles. The van der Waals surface area contributed by atoms with Crippen molar-refractivity contribution in [2.24, 2.45) is 0 Å². The molecule has 0 aliphatic rings. The van der Waals surface area contributed by atoms with Gasteiger partial charge in [0.1, 0.15) is 5.75 Å². The molecule has 0 aliphatic heterocycles. The summed E-state index contributed by atoms with van der Waals surface area (Å²) < 4.78 is 7.66. The molecule has 1 aromatic heterocycles. The highest BCUT2D eigenvalue weighted by atomic mass is 16.5. The second kappa shape index (κ2) is 8.68. The Morgan fingerprint density at radius 2 is 2.11 bits per heavy atom. The summed E-state index contributed by atoms with van der Waals surface area (Å²) in [4.78, 5) is 17.0. The number of fused-ring (bicyclic) bond motifs is 1. The molecule has 0 fully saturated rings. The lowest BCUT2D eigenvalue weighted by Crippen LogP contribution is -2.27. The molecule has 1 atom stereocenters. The predicted molar refractivity (Wildman–Crippen MR) is 105 cm³/mol. The van der Waals surface area contributed by atoms with Gasteiger partial charge < -0.3 is 19.7 Å². The molecule has 142 valence electrons. The van der Waals surface area contributed by atoms with E-state index in [2.05, 4.69) is 17.2 Å². The molecule has 3 aromatic rings. The highest BCUT2D eigenvalue weighted by Crippen LogP contribution is 2.25. The van der Waals surface area contributed by atoms with Gasteiger partial charge in [-0.1, -0.05) is 25.1 Å². The zero-order valence-electron chi connectivity index (χ0n) is 15.7. The van der Waals surface area contributed by atoms with Gasteiger partial charge >= 0.3 is 0 Å². The number of hydrogen-bond donors (Lipinski definition) is 2. The Kier molecular flexibility index (Phi) is 6.08. The quantitative estimate of drug-likeness (QED) is 0.640. The van der Waals surface area contributed by atoms with Crippen LogP contribution in [0.25, 0.3) is 11.0 Å². The van der Waals surface area contributed by atoms with E-state index in [1.54, 1.807) is 18.5 Å². The number of aromatic nitrogens is 2. The molecular weight excluding hydrogens is 342 g/mol. The molecule has 0 spiro atoms. The number of benzene rings is 2. The maximum Gasteiger partial charge on any atom is 0.251 e. The largest absolute Gasteiger partial charge is 0.493 e. The van der Waals surface area contributed by atoms with E-state index in [9.17, 15) is 4.79 Å². The van der Waals surface area contributed by atoms with E-state index in [1.807, 2.05) is 41.8 Å². The van der Waals surface area contributed by atoms with Crippen molar-refractivity contribution in [3.05, 3.63) is 59.9 Å². The summed E-state index contributed by atoms with van der Waals surface area (Å²) in [5, 5.41) is 12.1. The first-order valence-electron chi connectivity index (χ1n) is 9.22. The molecule has 1 heterocycles. The van der Waals surface area contributed by atoms with Crippen molar-refractivity contribution < 1.29 is 14.6 Å². The number of carbonyl (C=O) groups excluding carboxylic acids is 1. The lowest BCUT2D eigenvalue weighted by molar-refractivity contribution is 0.0939. The number of para-hydroxylation sites is 1. The molecule has 3 rings (SSSR count). The summed E-state index contributed by atoms with van der Waals surface area (Å²) in [5.74, 6) is 0.636. The number of aliphatic hydroxyl groups excluding tert-OH is 1. The number of hydrogen-bond acceptors (Lipinski definition) is 4. The van der Waals surface area contributed by atoms with Crippen LogP contribution >= 0.6 is 0 Å². The number of rotatable bonds is 8. The number of nitrogens with zero attached hydrogens (tertiary/aromatic N) is 2. The molecular formula is C21H25N3O3. The van der Waals surface area contributed by atoms with E-state index in [0.717, 1.165) is 28.8 Å². The third-order valence-electron chi connectivity index (χ3n) is 4.42. The van der Waals surface area contributed by atoms with Gasteiger partial charge in [0.05, 0.1) is 36.6 Å². The monoisotopic (exact) mass is 367 g/mol. The predicted octanol–water partition coefficient (Wildman–Crippen LogP) is 3.31. The number of aliphatic hydroxyl groups is 1. The van der Waals surface area contributed by atoms with Crippen molar-refractivity contribution >= 4 is 16.9 Å². The highest BCUT2D eigenvalue weighted by Gasteiger charge is 2.16. The normalized spacial score (nSPS) is 12.1. The molecule has 0 unspecified atom stereocenters. The highest BCUT2D eigenvalue weighted by molar-refractivity contribution is 5.97. The molecule has 1 amide bonds. The van der Waals surface area contributed by atoms with Crippen LogP contribution in [0.3, 0.4) is 0 Å². The summed E-state index contributed by atoms with van der Waals surface area (Å²) in [7, 11) is 0. The topological polar surface area (TPSA) is 76.4 Å². The zero-order valence-corrected chi connectivity index (χ0v) is 15.7. The van der Waals surface area contributed by atoms with Crippen LogP contribution in [-0.4, -0.2) is 33.8 Å². The Morgan fingerprint density at radius 1 is 1.30 bits per heavy atom. The van der Waals surface area contributed by atoms with Gasteiger partial charge in [-0.3, -0.25) is 4.79 Å². The SMILES string of the molecule is CCCOc1ccccc1[C@H](C)NC(=O)c1ccc2c(c1)ncn2CCO. The van der Waals surface area contributed by atoms with Gasteiger partial charge in [0.2, 0.25) is 0 Å². The fraction of sp³-hybridized carbons (Fsp3) is 0.333. The smallest absolute Gasteiger partial charge is 0.251 e. The Bertz CT molecular complexity index is 920. The Hall–Kier alpha value is -2.86. The zero-order chi connectivity index (χ0) is 19.2. The van der Waals surface area contributed by atoms with Crippen molar-refractivity contribution in [2.75, 3.05) is 13.2 Å². The molecule has 2 N–H and O–H groups in total. The Morgan fingerprint density at radius 3 is 2.89 bits per heavy atom. The van der Waals surface area contributed by atoms with Gasteiger partial charge in [0.25, 0.3) is 5.91 Å². The van der Waals surface area contributed by atoms with Crippen LogP contribution in [-0.2, 0) is 6.54 Å². The molecule has 0 saturated carbocycles. The van der Waals surface area contributed by atoms with Gasteiger partial charge in [0.15, 0.2) is 0 Å². The Balaban J connectivity index is 1.76. The van der Waals surface area contributed by atoms with Crippen LogP contribution < -0.4 is 10.1 Å². The molecule has 2 aromatic carbocycles. The van der Waals surface area contributed by atoms with Crippen LogP contribution in [0.5, 0.6) is 5.75 Å².